The predicted octanol–water partition coefficient (Wildman–Crippen LogP) is 5.15. The Labute approximate surface area is 180 Å². The molecule has 3 aliphatic rings. The summed E-state index contributed by atoms with van der Waals surface area (Å²) in [7, 11) is 4.16. The van der Waals surface area contributed by atoms with Crippen molar-refractivity contribution in [1.82, 2.24) is 10.2 Å². The zero-order valence-corrected chi connectivity index (χ0v) is 18.6. The molecule has 4 heteroatoms. The molecule has 3 nitrogen and oxygen atoms in total. The maximum absolute atomic E-state index is 13.4. The standard InChI is InChI=1S/C20H24FNO.C6H11N/c1-15-5-10-19-16(13-15)14-23-20(19,11-4-12-22(2)3)17-6-8-18(21)9-7-17;1-2-5(1)7-6-3-4-6/h5-10,13H,4,11-12,14H2,1-3H3;5-7H,1-4H2. The van der Waals surface area contributed by atoms with E-state index in [-0.39, 0.29) is 5.82 Å². The van der Waals surface area contributed by atoms with Crippen molar-refractivity contribution in [2.24, 2.45) is 0 Å². The number of hydrogen-bond donors (Lipinski definition) is 1. The van der Waals surface area contributed by atoms with E-state index in [2.05, 4.69) is 49.4 Å². The van der Waals surface area contributed by atoms with Crippen molar-refractivity contribution < 1.29 is 9.13 Å². The summed E-state index contributed by atoms with van der Waals surface area (Å²) >= 11 is 0. The van der Waals surface area contributed by atoms with Crippen LogP contribution in [-0.4, -0.2) is 37.6 Å². The minimum Gasteiger partial charge on any atom is -0.361 e. The minimum absolute atomic E-state index is 0.209. The fourth-order valence-electron chi connectivity index (χ4n) is 4.30. The van der Waals surface area contributed by atoms with E-state index in [4.69, 9.17) is 4.74 Å². The Balaban J connectivity index is 0.000000259. The Morgan fingerprint density at radius 2 is 1.70 bits per heavy atom. The van der Waals surface area contributed by atoms with Crippen LogP contribution in [0.2, 0.25) is 0 Å². The number of halogens is 1. The first-order chi connectivity index (χ1) is 14.5. The highest BCUT2D eigenvalue weighted by Crippen LogP contribution is 2.45. The lowest BCUT2D eigenvalue weighted by Gasteiger charge is -2.31. The molecule has 1 N–H and O–H groups in total. The summed E-state index contributed by atoms with van der Waals surface area (Å²) in [4.78, 5) is 2.18. The highest BCUT2D eigenvalue weighted by atomic mass is 19.1. The van der Waals surface area contributed by atoms with Gasteiger partial charge in [0.25, 0.3) is 0 Å². The first-order valence-electron chi connectivity index (χ1n) is 11.4. The molecule has 0 saturated heterocycles. The van der Waals surface area contributed by atoms with Crippen molar-refractivity contribution in [3.63, 3.8) is 0 Å². The summed E-state index contributed by atoms with van der Waals surface area (Å²) in [6.45, 7) is 3.73. The van der Waals surface area contributed by atoms with Crippen molar-refractivity contribution in [2.45, 2.75) is 69.7 Å². The minimum atomic E-state index is -0.452. The number of aryl methyl sites for hydroxylation is 1. The van der Waals surface area contributed by atoms with Gasteiger partial charge in [-0.25, -0.2) is 4.39 Å². The van der Waals surface area contributed by atoms with Crippen LogP contribution in [0.1, 0.15) is 60.8 Å². The Kier molecular flexibility index (Phi) is 6.57. The van der Waals surface area contributed by atoms with E-state index in [1.165, 1.54) is 54.5 Å². The lowest BCUT2D eigenvalue weighted by molar-refractivity contribution is -0.0140. The topological polar surface area (TPSA) is 24.5 Å². The third-order valence-electron chi connectivity index (χ3n) is 6.24. The molecule has 2 aliphatic carbocycles. The summed E-state index contributed by atoms with van der Waals surface area (Å²) in [6, 6.07) is 15.2. The molecule has 0 radical (unpaired) electrons. The van der Waals surface area contributed by atoms with Crippen LogP contribution in [-0.2, 0) is 16.9 Å². The maximum atomic E-state index is 13.4. The van der Waals surface area contributed by atoms with Gasteiger partial charge in [0.05, 0.1) is 6.61 Å². The molecule has 162 valence electrons. The van der Waals surface area contributed by atoms with Gasteiger partial charge >= 0.3 is 0 Å². The molecular weight excluding hydrogens is 375 g/mol. The lowest BCUT2D eigenvalue weighted by Crippen LogP contribution is -2.28. The molecule has 1 atom stereocenters. The van der Waals surface area contributed by atoms with Gasteiger partial charge in [-0.05, 0) is 94.9 Å². The Hall–Kier alpha value is -1.75. The van der Waals surface area contributed by atoms with E-state index < -0.39 is 5.60 Å². The van der Waals surface area contributed by atoms with Crippen LogP contribution in [0.3, 0.4) is 0 Å². The summed E-state index contributed by atoms with van der Waals surface area (Å²) in [5.74, 6) is -0.209. The van der Waals surface area contributed by atoms with Gasteiger partial charge in [-0.3, -0.25) is 0 Å². The van der Waals surface area contributed by atoms with Crippen LogP contribution in [0.25, 0.3) is 0 Å². The molecule has 30 heavy (non-hydrogen) atoms. The number of benzene rings is 2. The Morgan fingerprint density at radius 1 is 1.03 bits per heavy atom. The first kappa shape index (κ1) is 21.5. The molecule has 0 spiro atoms. The van der Waals surface area contributed by atoms with Crippen LogP contribution in [0.15, 0.2) is 42.5 Å². The molecule has 2 fully saturated rings. The number of nitrogens with one attached hydrogen (secondary N) is 1. The average Bonchev–Trinajstić information content (AvgIpc) is 3.65. The van der Waals surface area contributed by atoms with E-state index in [9.17, 15) is 4.39 Å². The van der Waals surface area contributed by atoms with E-state index >= 15 is 0 Å². The highest BCUT2D eigenvalue weighted by Gasteiger charge is 2.41. The third kappa shape index (κ3) is 5.29. The van der Waals surface area contributed by atoms with Crippen LogP contribution >= 0.6 is 0 Å². The van der Waals surface area contributed by atoms with Crippen molar-refractivity contribution in [1.29, 1.82) is 0 Å². The number of hydrogen-bond acceptors (Lipinski definition) is 3. The lowest BCUT2D eigenvalue weighted by atomic mass is 9.81. The molecule has 2 aromatic carbocycles. The van der Waals surface area contributed by atoms with Crippen LogP contribution in [0, 0.1) is 12.7 Å². The monoisotopic (exact) mass is 410 g/mol. The summed E-state index contributed by atoms with van der Waals surface area (Å²) in [6.07, 6.45) is 7.69. The Morgan fingerprint density at radius 3 is 2.30 bits per heavy atom. The molecule has 1 aliphatic heterocycles. The van der Waals surface area contributed by atoms with Gasteiger partial charge in [0.15, 0.2) is 0 Å². The quantitative estimate of drug-likeness (QED) is 0.683. The molecule has 5 rings (SSSR count). The number of nitrogens with zero attached hydrogens (tertiary/aromatic N) is 1. The van der Waals surface area contributed by atoms with Crippen LogP contribution in [0.5, 0.6) is 0 Å². The zero-order valence-electron chi connectivity index (χ0n) is 18.6. The van der Waals surface area contributed by atoms with E-state index in [1.54, 1.807) is 0 Å². The van der Waals surface area contributed by atoms with Gasteiger partial charge in [0, 0.05) is 12.1 Å². The largest absolute Gasteiger partial charge is 0.361 e. The van der Waals surface area contributed by atoms with Gasteiger partial charge in [-0.2, -0.15) is 0 Å². The van der Waals surface area contributed by atoms with E-state index in [0.717, 1.165) is 37.0 Å². The predicted molar refractivity (Wildman–Crippen MR) is 120 cm³/mol. The SMILES string of the molecule is C1CC1NC1CC1.Cc1ccc2c(c1)COC2(CCCN(C)C)c1ccc(F)cc1. The number of fused-ring (bicyclic) bond motifs is 1. The summed E-state index contributed by atoms with van der Waals surface area (Å²) < 4.78 is 19.7. The van der Waals surface area contributed by atoms with E-state index in [0.29, 0.717) is 6.61 Å². The van der Waals surface area contributed by atoms with E-state index in [1.807, 2.05) is 12.1 Å². The fourth-order valence-corrected chi connectivity index (χ4v) is 4.30. The Bertz CT molecular complexity index is 833. The second kappa shape index (κ2) is 9.17. The van der Waals surface area contributed by atoms with Gasteiger partial charge in [0.2, 0.25) is 0 Å². The smallest absolute Gasteiger partial charge is 0.123 e. The van der Waals surface area contributed by atoms with Crippen molar-refractivity contribution in [3.8, 4) is 0 Å². The average molecular weight is 411 g/mol. The normalized spacial score (nSPS) is 22.6. The van der Waals surface area contributed by atoms with Crippen molar-refractivity contribution in [2.75, 3.05) is 20.6 Å². The molecule has 0 amide bonds. The number of ether oxygens (including phenoxy) is 1. The van der Waals surface area contributed by atoms with Crippen molar-refractivity contribution in [3.05, 3.63) is 70.5 Å². The summed E-state index contributed by atoms with van der Waals surface area (Å²) in [5.41, 5.74) is 4.32. The van der Waals surface area contributed by atoms with Gasteiger partial charge in [0.1, 0.15) is 11.4 Å². The zero-order chi connectivity index (χ0) is 21.1. The molecule has 0 aromatic heterocycles. The maximum Gasteiger partial charge on any atom is 0.123 e. The molecular formula is C26H35FN2O. The molecule has 2 aromatic rings. The second-order valence-electron chi connectivity index (χ2n) is 9.41. The fraction of sp³-hybridized carbons (Fsp3) is 0.538. The first-order valence-corrected chi connectivity index (χ1v) is 11.4. The highest BCUT2D eigenvalue weighted by molar-refractivity contribution is 5.45. The number of rotatable bonds is 7. The molecule has 2 saturated carbocycles. The van der Waals surface area contributed by atoms with Gasteiger partial charge in [-0.1, -0.05) is 35.9 Å². The van der Waals surface area contributed by atoms with Gasteiger partial charge < -0.3 is 15.0 Å². The van der Waals surface area contributed by atoms with Gasteiger partial charge in [-0.15, -0.1) is 0 Å². The third-order valence-corrected chi connectivity index (χ3v) is 6.24. The van der Waals surface area contributed by atoms with Crippen molar-refractivity contribution >= 4 is 0 Å². The molecule has 1 unspecified atom stereocenters. The second-order valence-corrected chi connectivity index (χ2v) is 9.41. The van der Waals surface area contributed by atoms with Crippen LogP contribution in [0.4, 0.5) is 4.39 Å². The molecule has 0 bridgehead atoms. The van der Waals surface area contributed by atoms with Crippen LogP contribution < -0.4 is 5.32 Å². The summed E-state index contributed by atoms with van der Waals surface area (Å²) in [5, 5.41) is 3.53. The molecule has 1 heterocycles.